The molecule has 9 nitrogen and oxygen atoms in total. The fraction of sp³-hybridized carbons (Fsp3) is 0.831. The largest absolute Gasteiger partial charge is 0.394 e. The zero-order valence-electron chi connectivity index (χ0n) is 48.1. The van der Waals surface area contributed by atoms with Crippen LogP contribution in [0.5, 0.6) is 0 Å². The van der Waals surface area contributed by atoms with Crippen molar-refractivity contribution < 1.29 is 39.8 Å². The summed E-state index contributed by atoms with van der Waals surface area (Å²) in [5.41, 5.74) is 0. The van der Waals surface area contributed by atoms with Crippen molar-refractivity contribution in [3.63, 3.8) is 0 Å². The van der Waals surface area contributed by atoms with E-state index >= 15 is 0 Å². The number of unbranched alkanes of at least 4 members (excludes halogenated alkanes) is 36. The molecule has 0 aromatic rings. The van der Waals surface area contributed by atoms with Gasteiger partial charge in [0.05, 0.1) is 25.4 Å². The number of carbonyl (C=O) groups excluding carboxylic acids is 1. The molecule has 0 aromatic carbocycles. The van der Waals surface area contributed by atoms with Crippen molar-refractivity contribution in [3.05, 3.63) is 60.8 Å². The molecule has 1 heterocycles. The Bertz CT molecular complexity index is 1350. The monoisotopic (exact) mass is 1040 g/mol. The van der Waals surface area contributed by atoms with E-state index in [9.17, 15) is 30.3 Å². The first-order valence-corrected chi connectivity index (χ1v) is 31.5. The molecular weight excluding hydrogens is 923 g/mol. The Hall–Kier alpha value is -2.11. The van der Waals surface area contributed by atoms with Crippen LogP contribution in [0.3, 0.4) is 0 Å². The third-order valence-corrected chi connectivity index (χ3v) is 14.8. The summed E-state index contributed by atoms with van der Waals surface area (Å²) in [6.45, 7) is 3.78. The van der Waals surface area contributed by atoms with Gasteiger partial charge in [-0.2, -0.15) is 0 Å². The molecule has 1 saturated heterocycles. The molecule has 0 saturated carbocycles. The standard InChI is InChI=1S/C65H119NO8/c1-3-5-7-9-11-13-15-17-19-21-23-25-27-29-31-32-34-36-38-40-42-44-46-48-50-52-54-59(68)58(57-73-65-64(72)63(71)62(70)60(56-67)74-65)66-61(69)55-53-51-49-47-45-43-41-39-37-35-33-30-28-26-24-22-20-18-16-14-12-10-8-6-4-2/h16,18,22,24,36,38,44,46,52,54,58-60,62-65,67-68,70-72H,3-15,17,19-21,23,25-35,37,39-43,45,47-51,53,55-57H2,1-2H3,(H,66,69)/b18-16-,24-22-,38-36+,46-44+,54-52+. The van der Waals surface area contributed by atoms with Gasteiger partial charge in [-0.1, -0.05) is 267 Å². The topological polar surface area (TPSA) is 149 Å². The maximum atomic E-state index is 13.1. The first-order chi connectivity index (χ1) is 36.3. The number of ether oxygens (including phenoxy) is 2. The van der Waals surface area contributed by atoms with Gasteiger partial charge in [-0.15, -0.1) is 0 Å². The number of rotatable bonds is 54. The van der Waals surface area contributed by atoms with E-state index in [1.54, 1.807) is 6.08 Å². The Kier molecular flexibility index (Phi) is 51.3. The van der Waals surface area contributed by atoms with Crippen molar-refractivity contribution in [1.29, 1.82) is 0 Å². The van der Waals surface area contributed by atoms with Gasteiger partial charge in [-0.3, -0.25) is 4.79 Å². The minimum atomic E-state index is -1.58. The van der Waals surface area contributed by atoms with Gasteiger partial charge >= 0.3 is 0 Å². The second-order valence-electron chi connectivity index (χ2n) is 21.8. The predicted molar refractivity (Wildman–Crippen MR) is 313 cm³/mol. The second kappa shape index (κ2) is 54.3. The predicted octanol–water partition coefficient (Wildman–Crippen LogP) is 16.2. The van der Waals surface area contributed by atoms with Gasteiger partial charge in [0.15, 0.2) is 6.29 Å². The highest BCUT2D eigenvalue weighted by molar-refractivity contribution is 5.76. The smallest absolute Gasteiger partial charge is 0.220 e. The maximum Gasteiger partial charge on any atom is 0.220 e. The molecule has 0 bridgehead atoms. The number of hydrogen-bond acceptors (Lipinski definition) is 8. The van der Waals surface area contributed by atoms with Gasteiger partial charge in [0, 0.05) is 6.42 Å². The molecule has 432 valence electrons. The van der Waals surface area contributed by atoms with Gasteiger partial charge in [-0.05, 0) is 77.0 Å². The summed E-state index contributed by atoms with van der Waals surface area (Å²) >= 11 is 0. The first kappa shape index (κ1) is 69.9. The summed E-state index contributed by atoms with van der Waals surface area (Å²) in [5, 5.41) is 54.6. The molecule has 7 unspecified atom stereocenters. The van der Waals surface area contributed by atoms with Crippen LogP contribution in [0.1, 0.15) is 290 Å². The number of aliphatic hydroxyl groups excluding tert-OH is 5. The van der Waals surface area contributed by atoms with Gasteiger partial charge < -0.3 is 40.3 Å². The van der Waals surface area contributed by atoms with Gasteiger partial charge in [0.1, 0.15) is 24.4 Å². The first-order valence-electron chi connectivity index (χ1n) is 31.5. The van der Waals surface area contributed by atoms with Crippen LogP contribution in [-0.2, 0) is 14.3 Å². The molecule has 7 atom stereocenters. The summed E-state index contributed by atoms with van der Waals surface area (Å²) in [6, 6.07) is -0.832. The number of carbonyl (C=O) groups is 1. The van der Waals surface area contributed by atoms with Gasteiger partial charge in [-0.25, -0.2) is 0 Å². The van der Waals surface area contributed by atoms with Crippen LogP contribution in [0.4, 0.5) is 0 Å². The Labute approximate surface area is 456 Å². The third-order valence-electron chi connectivity index (χ3n) is 14.8. The molecule has 1 aliphatic heterocycles. The summed E-state index contributed by atoms with van der Waals surface area (Å²) in [4.78, 5) is 13.1. The highest BCUT2D eigenvalue weighted by atomic mass is 16.7. The van der Waals surface area contributed by atoms with Crippen LogP contribution in [-0.4, -0.2) is 87.5 Å². The lowest BCUT2D eigenvalue weighted by atomic mass is 9.99. The lowest BCUT2D eigenvalue weighted by Gasteiger charge is -2.40. The summed E-state index contributed by atoms with van der Waals surface area (Å²) in [6.07, 6.45) is 67.3. The van der Waals surface area contributed by atoms with Crippen LogP contribution in [0.15, 0.2) is 60.8 Å². The van der Waals surface area contributed by atoms with Gasteiger partial charge in [0.25, 0.3) is 0 Å². The zero-order valence-corrected chi connectivity index (χ0v) is 48.1. The highest BCUT2D eigenvalue weighted by Gasteiger charge is 2.44. The van der Waals surface area contributed by atoms with Crippen molar-refractivity contribution in [3.8, 4) is 0 Å². The fourth-order valence-electron chi connectivity index (χ4n) is 9.81. The number of allylic oxidation sites excluding steroid dienone is 9. The van der Waals surface area contributed by atoms with E-state index in [-0.39, 0.29) is 12.5 Å². The van der Waals surface area contributed by atoms with Crippen LogP contribution >= 0.6 is 0 Å². The van der Waals surface area contributed by atoms with Crippen molar-refractivity contribution in [2.24, 2.45) is 0 Å². The molecule has 0 aromatic heterocycles. The molecule has 0 radical (unpaired) electrons. The second-order valence-corrected chi connectivity index (χ2v) is 21.8. The Balaban J connectivity index is 2.23. The van der Waals surface area contributed by atoms with E-state index in [1.807, 2.05) is 6.08 Å². The molecule has 1 amide bonds. The van der Waals surface area contributed by atoms with Crippen molar-refractivity contribution in [2.75, 3.05) is 13.2 Å². The van der Waals surface area contributed by atoms with E-state index in [4.69, 9.17) is 9.47 Å². The normalized spacial score (nSPS) is 19.4. The highest BCUT2D eigenvalue weighted by Crippen LogP contribution is 2.23. The van der Waals surface area contributed by atoms with E-state index in [1.165, 1.54) is 218 Å². The zero-order chi connectivity index (χ0) is 53.6. The maximum absolute atomic E-state index is 13.1. The summed E-state index contributed by atoms with van der Waals surface area (Å²) < 4.78 is 11.3. The molecule has 1 fully saturated rings. The molecule has 74 heavy (non-hydrogen) atoms. The summed E-state index contributed by atoms with van der Waals surface area (Å²) in [7, 11) is 0. The van der Waals surface area contributed by atoms with E-state index < -0.39 is 49.5 Å². The molecule has 9 heteroatoms. The van der Waals surface area contributed by atoms with Crippen molar-refractivity contribution >= 4 is 5.91 Å². The van der Waals surface area contributed by atoms with Crippen molar-refractivity contribution in [2.45, 2.75) is 333 Å². The van der Waals surface area contributed by atoms with E-state index in [0.29, 0.717) is 6.42 Å². The van der Waals surface area contributed by atoms with Crippen LogP contribution in [0.25, 0.3) is 0 Å². The lowest BCUT2D eigenvalue weighted by Crippen LogP contribution is -2.60. The molecular formula is C65H119NO8. The number of amides is 1. The minimum absolute atomic E-state index is 0.190. The number of hydrogen-bond donors (Lipinski definition) is 6. The molecule has 1 aliphatic rings. The van der Waals surface area contributed by atoms with Crippen LogP contribution in [0, 0.1) is 0 Å². The number of aliphatic hydroxyl groups is 5. The fourth-order valence-corrected chi connectivity index (χ4v) is 9.81. The minimum Gasteiger partial charge on any atom is -0.394 e. The Morgan fingerprint density at radius 2 is 0.811 bits per heavy atom. The third kappa shape index (κ3) is 42.9. The van der Waals surface area contributed by atoms with Crippen LogP contribution in [0.2, 0.25) is 0 Å². The van der Waals surface area contributed by atoms with E-state index in [2.05, 4.69) is 67.8 Å². The molecule has 1 rings (SSSR count). The van der Waals surface area contributed by atoms with Crippen LogP contribution < -0.4 is 5.32 Å². The van der Waals surface area contributed by atoms with Crippen molar-refractivity contribution in [1.82, 2.24) is 5.32 Å². The SMILES string of the molecule is CCCCCCC/C=C\C/C=C\CCCCCCCCCCCCCCCC(=O)NC(COC1OC(CO)C(O)C(O)C1O)C(O)/C=C/CC/C=C/CC/C=C/CCCCCCCCCCCCCCCCCC. The Morgan fingerprint density at radius 3 is 1.22 bits per heavy atom. The summed E-state index contributed by atoms with van der Waals surface area (Å²) in [5.74, 6) is -0.190. The average Bonchev–Trinajstić information content (AvgIpc) is 3.40. The molecule has 0 spiro atoms. The quantitative estimate of drug-likeness (QED) is 0.0261. The Morgan fingerprint density at radius 1 is 0.459 bits per heavy atom. The molecule has 6 N–H and O–H groups in total. The molecule has 0 aliphatic carbocycles. The van der Waals surface area contributed by atoms with E-state index in [0.717, 1.165) is 51.4 Å². The number of nitrogens with one attached hydrogen (secondary N) is 1. The lowest BCUT2D eigenvalue weighted by molar-refractivity contribution is -0.302. The van der Waals surface area contributed by atoms with Gasteiger partial charge in [0.2, 0.25) is 5.91 Å². The average molecular weight is 1040 g/mol.